The molecule has 10 nitrogen and oxygen atoms in total. The van der Waals surface area contributed by atoms with E-state index in [1.807, 2.05) is 0 Å². The second-order valence-electron chi connectivity index (χ2n) is 5.39. The number of hydrogen-bond acceptors (Lipinski definition) is 6. The molecule has 132 valence electrons. The summed E-state index contributed by atoms with van der Waals surface area (Å²) in [6.45, 7) is 1.64. The van der Waals surface area contributed by atoms with Crippen molar-refractivity contribution in [2.24, 2.45) is 5.73 Å². The van der Waals surface area contributed by atoms with Crippen LogP contribution in [0.4, 0.5) is 9.18 Å². The van der Waals surface area contributed by atoms with Gasteiger partial charge in [-0.3, -0.25) is 9.59 Å². The predicted octanol–water partition coefficient (Wildman–Crippen LogP) is -5.61. The number of hydrogen-bond donors (Lipinski definition) is 2. The number of carboxylic acid groups (broad SMARTS) is 1. The Morgan fingerprint density at radius 3 is 2.72 bits per heavy atom. The zero-order valence-corrected chi connectivity index (χ0v) is 13.7. The molecule has 0 aliphatic carbocycles. The van der Waals surface area contributed by atoms with Crippen LogP contribution < -0.4 is 35.0 Å². The Kier molecular flexibility index (Phi) is 6.98. The number of nitrogens with one attached hydrogen (secondary N) is 1. The number of nitrogens with zero attached hydrogens (tertiary/aromatic N) is 2. The quantitative estimate of drug-likeness (QED) is 0.346. The third-order valence-corrected chi connectivity index (χ3v) is 3.63. The van der Waals surface area contributed by atoms with Crippen LogP contribution in [-0.4, -0.2) is 65.3 Å². The SMILES string of the molecule is CC1=C[C@H]2CN(C(=O)N2OC(F)C(=O)[O-])[C@@H]1C(=O)NCCC(N)=O.[Li+]. The van der Waals surface area contributed by atoms with Gasteiger partial charge in [0.25, 0.3) is 6.36 Å². The Balaban J connectivity index is 0.00000312. The first kappa shape index (κ1) is 21.0. The second-order valence-corrected chi connectivity index (χ2v) is 5.39. The number of carboxylic acids is 1. The van der Waals surface area contributed by atoms with Crippen LogP contribution in [0.25, 0.3) is 0 Å². The molecule has 1 fully saturated rings. The van der Waals surface area contributed by atoms with Crippen LogP contribution in [0, 0.1) is 0 Å². The number of carbonyl (C=O) groups excluding carboxylic acids is 4. The topological polar surface area (TPSA) is 145 Å². The minimum Gasteiger partial charge on any atom is -0.544 e. The van der Waals surface area contributed by atoms with E-state index >= 15 is 0 Å². The van der Waals surface area contributed by atoms with E-state index in [0.717, 1.165) is 4.90 Å². The van der Waals surface area contributed by atoms with E-state index in [2.05, 4.69) is 10.2 Å². The molecule has 0 aromatic carbocycles. The first-order chi connectivity index (χ1) is 11.2. The molecule has 25 heavy (non-hydrogen) atoms. The van der Waals surface area contributed by atoms with Gasteiger partial charge in [-0.05, 0) is 12.5 Å². The van der Waals surface area contributed by atoms with E-state index in [0.29, 0.717) is 10.6 Å². The molecule has 3 N–H and O–H groups in total. The summed E-state index contributed by atoms with van der Waals surface area (Å²) in [7, 11) is 0. The van der Waals surface area contributed by atoms with Gasteiger partial charge in [-0.25, -0.2) is 14.0 Å². The summed E-state index contributed by atoms with van der Waals surface area (Å²) in [6, 6.07) is -2.52. The molecule has 0 aromatic heterocycles. The Morgan fingerprint density at radius 1 is 1.52 bits per heavy atom. The zero-order chi connectivity index (χ0) is 18.0. The van der Waals surface area contributed by atoms with Crippen molar-refractivity contribution in [3.63, 3.8) is 0 Å². The van der Waals surface area contributed by atoms with Crippen molar-refractivity contribution < 1.29 is 52.4 Å². The Morgan fingerprint density at radius 2 is 2.16 bits per heavy atom. The van der Waals surface area contributed by atoms with Crippen molar-refractivity contribution in [1.29, 1.82) is 0 Å². The molecule has 1 unspecified atom stereocenters. The van der Waals surface area contributed by atoms with Crippen molar-refractivity contribution in [3.8, 4) is 0 Å². The molecular weight excluding hydrogens is 334 g/mol. The molecule has 2 bridgehead atoms. The second kappa shape index (κ2) is 8.33. The number of hydroxylamine groups is 2. The molecular formula is C13H16FLiN4O6. The summed E-state index contributed by atoms with van der Waals surface area (Å²) in [6.07, 6.45) is -1.34. The number of nitrogens with two attached hydrogens (primary N) is 1. The fourth-order valence-electron chi connectivity index (χ4n) is 2.62. The van der Waals surface area contributed by atoms with E-state index < -0.39 is 42.3 Å². The summed E-state index contributed by atoms with van der Waals surface area (Å²) in [5.41, 5.74) is 5.48. The van der Waals surface area contributed by atoms with Gasteiger partial charge in [-0.15, -0.1) is 0 Å². The molecule has 0 radical (unpaired) electrons. The van der Waals surface area contributed by atoms with Crippen LogP contribution in [0.15, 0.2) is 11.6 Å². The van der Waals surface area contributed by atoms with E-state index in [-0.39, 0.29) is 38.4 Å². The molecule has 3 atom stereocenters. The van der Waals surface area contributed by atoms with Crippen molar-refractivity contribution in [2.75, 3.05) is 13.1 Å². The third-order valence-electron chi connectivity index (χ3n) is 3.63. The van der Waals surface area contributed by atoms with Gasteiger partial charge in [0.1, 0.15) is 12.0 Å². The summed E-state index contributed by atoms with van der Waals surface area (Å²) in [5, 5.41) is 13.5. The Hall–Kier alpha value is -2.09. The molecule has 2 aliphatic rings. The van der Waals surface area contributed by atoms with Crippen molar-refractivity contribution >= 4 is 23.8 Å². The number of aliphatic carboxylic acids is 1. The van der Waals surface area contributed by atoms with Gasteiger partial charge in [0.15, 0.2) is 0 Å². The van der Waals surface area contributed by atoms with Gasteiger partial charge in [0.05, 0.1) is 12.6 Å². The zero-order valence-electron chi connectivity index (χ0n) is 13.7. The molecule has 0 saturated carbocycles. The van der Waals surface area contributed by atoms with E-state index in [1.54, 1.807) is 6.92 Å². The number of halogens is 1. The summed E-state index contributed by atoms with van der Waals surface area (Å²) < 4.78 is 13.2. The van der Waals surface area contributed by atoms with Crippen molar-refractivity contribution in [2.45, 2.75) is 31.8 Å². The molecule has 0 spiro atoms. The van der Waals surface area contributed by atoms with Crippen LogP contribution in [0.2, 0.25) is 0 Å². The van der Waals surface area contributed by atoms with Gasteiger partial charge < -0.3 is 25.9 Å². The molecule has 12 heteroatoms. The monoisotopic (exact) mass is 350 g/mol. The minimum atomic E-state index is -2.80. The summed E-state index contributed by atoms with van der Waals surface area (Å²) >= 11 is 0. The fourth-order valence-corrected chi connectivity index (χ4v) is 2.62. The number of alkyl halides is 1. The standard InChI is InChI=1S/C13H17FN4O6.Li/c1-6-4-7-5-17(9(6)11(20)16-3-2-8(15)19)13(23)18(7)24-10(14)12(21)22;/h4,7,9-10H,2-3,5H2,1H3,(H2,15,19)(H,16,20)(H,21,22);/q;+1/p-1/t7-,9-,10?;/m0./s1. The molecule has 4 amide bonds. The Bertz CT molecular complexity index is 615. The maximum Gasteiger partial charge on any atom is 1.00 e. The van der Waals surface area contributed by atoms with Crippen LogP contribution in [0.5, 0.6) is 0 Å². The number of primary amides is 1. The van der Waals surface area contributed by atoms with Crippen LogP contribution in [-0.2, 0) is 19.2 Å². The van der Waals surface area contributed by atoms with Gasteiger partial charge in [0.2, 0.25) is 11.8 Å². The van der Waals surface area contributed by atoms with E-state index in [9.17, 15) is 28.7 Å². The largest absolute Gasteiger partial charge is 1.00 e. The van der Waals surface area contributed by atoms with Crippen molar-refractivity contribution in [3.05, 3.63) is 11.6 Å². The molecule has 2 rings (SSSR count). The minimum absolute atomic E-state index is 0. The van der Waals surface area contributed by atoms with Gasteiger partial charge >= 0.3 is 24.9 Å². The van der Waals surface area contributed by atoms with E-state index in [1.165, 1.54) is 6.08 Å². The summed E-state index contributed by atoms with van der Waals surface area (Å²) in [5.74, 6) is -3.23. The maximum absolute atomic E-state index is 13.2. The van der Waals surface area contributed by atoms with Crippen LogP contribution in [0.1, 0.15) is 13.3 Å². The predicted molar refractivity (Wildman–Crippen MR) is 73.1 cm³/mol. The molecule has 0 aromatic rings. The molecule has 2 aliphatic heterocycles. The Labute approximate surface area is 154 Å². The normalized spacial score (nSPS) is 22.8. The van der Waals surface area contributed by atoms with Crippen LogP contribution in [0.3, 0.4) is 0 Å². The number of rotatable bonds is 7. The fraction of sp³-hybridized carbons (Fsp3) is 0.538. The first-order valence-corrected chi connectivity index (χ1v) is 7.08. The molecule has 1 saturated heterocycles. The number of urea groups is 1. The van der Waals surface area contributed by atoms with Gasteiger partial charge in [-0.1, -0.05) is 6.08 Å². The average molecular weight is 350 g/mol. The number of fused-ring (bicyclic) bond motifs is 2. The maximum atomic E-state index is 13.2. The van der Waals surface area contributed by atoms with Crippen molar-refractivity contribution in [1.82, 2.24) is 15.3 Å². The average Bonchev–Trinajstić information content (AvgIpc) is 2.72. The van der Waals surface area contributed by atoms with E-state index in [4.69, 9.17) is 5.73 Å². The summed E-state index contributed by atoms with van der Waals surface area (Å²) in [4.78, 5) is 51.2. The third kappa shape index (κ3) is 4.50. The number of carbonyl (C=O) groups is 4. The van der Waals surface area contributed by atoms with Crippen LogP contribution >= 0.6 is 0 Å². The smallest absolute Gasteiger partial charge is 0.544 e. The number of amides is 4. The van der Waals surface area contributed by atoms with Gasteiger partial charge in [-0.2, -0.15) is 5.06 Å². The van der Waals surface area contributed by atoms with Gasteiger partial charge in [0, 0.05) is 13.0 Å². The first-order valence-electron chi connectivity index (χ1n) is 7.08. The molecule has 2 heterocycles.